The molecule has 0 unspecified atom stereocenters. The van der Waals surface area contributed by atoms with Crippen molar-refractivity contribution >= 4 is 0 Å². The average molecular weight is 196 g/mol. The molecule has 0 aliphatic rings. The summed E-state index contributed by atoms with van der Waals surface area (Å²) in [5.41, 5.74) is 6.58. The summed E-state index contributed by atoms with van der Waals surface area (Å²) in [6.07, 6.45) is 0. The summed E-state index contributed by atoms with van der Waals surface area (Å²) in [7, 11) is 2.01. The summed E-state index contributed by atoms with van der Waals surface area (Å²) < 4.78 is 12.7. The van der Waals surface area contributed by atoms with E-state index in [-0.39, 0.29) is 11.9 Å². The molecular weight excluding hydrogens is 179 g/mol. The molecule has 1 aromatic rings. The minimum Gasteiger partial charge on any atom is -0.329 e. The van der Waals surface area contributed by atoms with Gasteiger partial charge in [-0.15, -0.1) is 0 Å². The zero-order valence-corrected chi connectivity index (χ0v) is 8.70. The first-order valence-corrected chi connectivity index (χ1v) is 4.81. The Morgan fingerprint density at radius 3 is 2.43 bits per heavy atom. The van der Waals surface area contributed by atoms with Crippen molar-refractivity contribution in [3.63, 3.8) is 0 Å². The Labute approximate surface area is 84.5 Å². The number of nitrogens with zero attached hydrogens (tertiary/aromatic N) is 1. The first kappa shape index (κ1) is 11.1. The molecular formula is C11H17FN2. The van der Waals surface area contributed by atoms with Gasteiger partial charge in [-0.25, -0.2) is 4.39 Å². The van der Waals surface area contributed by atoms with Gasteiger partial charge in [0.2, 0.25) is 0 Å². The van der Waals surface area contributed by atoms with Crippen LogP contribution in [0.4, 0.5) is 4.39 Å². The van der Waals surface area contributed by atoms with Gasteiger partial charge >= 0.3 is 0 Å². The molecule has 0 radical (unpaired) electrons. The van der Waals surface area contributed by atoms with E-state index in [9.17, 15) is 4.39 Å². The maximum atomic E-state index is 12.7. The van der Waals surface area contributed by atoms with Crippen LogP contribution in [0.5, 0.6) is 0 Å². The molecule has 0 aliphatic carbocycles. The number of hydrogen-bond donors (Lipinski definition) is 1. The molecule has 0 aliphatic heterocycles. The predicted molar refractivity (Wildman–Crippen MR) is 56.5 cm³/mol. The topological polar surface area (TPSA) is 29.3 Å². The van der Waals surface area contributed by atoms with E-state index in [2.05, 4.69) is 11.8 Å². The highest BCUT2D eigenvalue weighted by molar-refractivity contribution is 5.19. The van der Waals surface area contributed by atoms with Crippen LogP contribution in [0.3, 0.4) is 0 Å². The first-order valence-electron chi connectivity index (χ1n) is 4.81. The summed E-state index contributed by atoms with van der Waals surface area (Å²) in [5, 5.41) is 0. The van der Waals surface area contributed by atoms with Crippen molar-refractivity contribution in [2.45, 2.75) is 13.0 Å². The molecule has 0 spiro atoms. The van der Waals surface area contributed by atoms with Gasteiger partial charge < -0.3 is 5.73 Å². The molecule has 14 heavy (non-hydrogen) atoms. The minimum atomic E-state index is -0.192. The fourth-order valence-corrected chi connectivity index (χ4v) is 1.39. The van der Waals surface area contributed by atoms with Crippen molar-refractivity contribution in [1.82, 2.24) is 4.90 Å². The van der Waals surface area contributed by atoms with Crippen molar-refractivity contribution in [2.24, 2.45) is 5.73 Å². The third kappa shape index (κ3) is 2.79. The molecule has 3 heteroatoms. The highest BCUT2D eigenvalue weighted by Crippen LogP contribution is 2.18. The summed E-state index contributed by atoms with van der Waals surface area (Å²) >= 11 is 0. The third-order valence-corrected chi connectivity index (χ3v) is 2.50. The lowest BCUT2D eigenvalue weighted by Gasteiger charge is -2.24. The standard InChI is InChI=1S/C11H17FN2/c1-9(14(2)8-7-13)10-3-5-11(12)6-4-10/h3-6,9H,7-8,13H2,1-2H3/t9-/m1/s1. The number of benzene rings is 1. The third-order valence-electron chi connectivity index (χ3n) is 2.50. The maximum absolute atomic E-state index is 12.7. The Bertz CT molecular complexity index is 271. The van der Waals surface area contributed by atoms with Crippen molar-refractivity contribution in [3.8, 4) is 0 Å². The van der Waals surface area contributed by atoms with E-state index in [1.807, 2.05) is 19.2 Å². The van der Waals surface area contributed by atoms with E-state index in [4.69, 9.17) is 5.73 Å². The summed E-state index contributed by atoms with van der Waals surface area (Å²) in [6.45, 7) is 3.57. The normalized spacial score (nSPS) is 13.2. The zero-order chi connectivity index (χ0) is 10.6. The summed E-state index contributed by atoms with van der Waals surface area (Å²) in [6, 6.07) is 6.88. The highest BCUT2D eigenvalue weighted by atomic mass is 19.1. The molecule has 1 aromatic carbocycles. The van der Waals surface area contributed by atoms with Crippen LogP contribution in [-0.4, -0.2) is 25.0 Å². The van der Waals surface area contributed by atoms with E-state index < -0.39 is 0 Å². The lowest BCUT2D eigenvalue weighted by molar-refractivity contribution is 0.269. The molecule has 0 heterocycles. The van der Waals surface area contributed by atoms with E-state index >= 15 is 0 Å². The quantitative estimate of drug-likeness (QED) is 0.795. The van der Waals surface area contributed by atoms with E-state index in [0.29, 0.717) is 6.54 Å². The zero-order valence-electron chi connectivity index (χ0n) is 8.70. The second kappa shape index (κ2) is 5.08. The fraction of sp³-hybridized carbons (Fsp3) is 0.455. The van der Waals surface area contributed by atoms with E-state index in [1.54, 1.807) is 0 Å². The van der Waals surface area contributed by atoms with Gasteiger partial charge in [-0.2, -0.15) is 0 Å². The number of likely N-dealkylation sites (N-methyl/N-ethyl adjacent to an activating group) is 1. The Morgan fingerprint density at radius 2 is 1.93 bits per heavy atom. The van der Waals surface area contributed by atoms with Crippen LogP contribution in [0.25, 0.3) is 0 Å². The first-order chi connectivity index (χ1) is 6.65. The maximum Gasteiger partial charge on any atom is 0.123 e. The van der Waals surface area contributed by atoms with Crippen LogP contribution in [0.1, 0.15) is 18.5 Å². The molecule has 0 amide bonds. The fourth-order valence-electron chi connectivity index (χ4n) is 1.39. The molecule has 1 atom stereocenters. The van der Waals surface area contributed by atoms with Gasteiger partial charge in [0.1, 0.15) is 5.82 Å². The molecule has 0 fully saturated rings. The molecule has 0 aromatic heterocycles. The van der Waals surface area contributed by atoms with Gasteiger partial charge in [0, 0.05) is 19.1 Å². The van der Waals surface area contributed by atoms with Crippen molar-refractivity contribution in [1.29, 1.82) is 0 Å². The molecule has 2 N–H and O–H groups in total. The van der Waals surface area contributed by atoms with Crippen LogP contribution < -0.4 is 5.73 Å². The highest BCUT2D eigenvalue weighted by Gasteiger charge is 2.10. The minimum absolute atomic E-state index is 0.192. The van der Waals surface area contributed by atoms with E-state index in [0.717, 1.165) is 12.1 Å². The molecule has 0 bridgehead atoms. The van der Waals surface area contributed by atoms with Crippen LogP contribution in [0.2, 0.25) is 0 Å². The number of nitrogens with two attached hydrogens (primary N) is 1. The van der Waals surface area contributed by atoms with E-state index in [1.165, 1.54) is 12.1 Å². The Hall–Kier alpha value is -0.930. The molecule has 0 saturated carbocycles. The lowest BCUT2D eigenvalue weighted by Crippen LogP contribution is -2.28. The van der Waals surface area contributed by atoms with Crippen LogP contribution in [0, 0.1) is 5.82 Å². The van der Waals surface area contributed by atoms with Crippen molar-refractivity contribution in [2.75, 3.05) is 20.1 Å². The second-order valence-electron chi connectivity index (χ2n) is 3.50. The predicted octanol–water partition coefficient (Wildman–Crippen LogP) is 1.78. The van der Waals surface area contributed by atoms with Gasteiger partial charge in [-0.1, -0.05) is 12.1 Å². The molecule has 0 saturated heterocycles. The van der Waals surface area contributed by atoms with Gasteiger partial charge in [0.05, 0.1) is 0 Å². The summed E-state index contributed by atoms with van der Waals surface area (Å²) in [5.74, 6) is -0.192. The number of halogens is 1. The largest absolute Gasteiger partial charge is 0.329 e. The van der Waals surface area contributed by atoms with Crippen LogP contribution in [-0.2, 0) is 0 Å². The van der Waals surface area contributed by atoms with Crippen molar-refractivity contribution in [3.05, 3.63) is 35.6 Å². The molecule has 78 valence electrons. The lowest BCUT2D eigenvalue weighted by atomic mass is 10.1. The van der Waals surface area contributed by atoms with Crippen molar-refractivity contribution < 1.29 is 4.39 Å². The van der Waals surface area contributed by atoms with Gasteiger partial charge in [0.15, 0.2) is 0 Å². The van der Waals surface area contributed by atoms with Gasteiger partial charge in [-0.3, -0.25) is 4.90 Å². The monoisotopic (exact) mass is 196 g/mol. The second-order valence-corrected chi connectivity index (χ2v) is 3.50. The van der Waals surface area contributed by atoms with Gasteiger partial charge in [-0.05, 0) is 31.7 Å². The molecule has 1 rings (SSSR count). The Balaban J connectivity index is 2.68. The van der Waals surface area contributed by atoms with Crippen LogP contribution in [0.15, 0.2) is 24.3 Å². The smallest absolute Gasteiger partial charge is 0.123 e. The number of hydrogen-bond acceptors (Lipinski definition) is 2. The average Bonchev–Trinajstić information content (AvgIpc) is 2.18. The van der Waals surface area contributed by atoms with Gasteiger partial charge in [0.25, 0.3) is 0 Å². The Kier molecular flexibility index (Phi) is 4.04. The molecule has 2 nitrogen and oxygen atoms in total. The Morgan fingerprint density at radius 1 is 1.36 bits per heavy atom. The summed E-state index contributed by atoms with van der Waals surface area (Å²) in [4.78, 5) is 2.15. The number of rotatable bonds is 4. The van der Waals surface area contributed by atoms with Crippen LogP contribution >= 0.6 is 0 Å². The SMILES string of the molecule is C[C@H](c1ccc(F)cc1)N(C)CCN.